The molecule has 20 heavy (non-hydrogen) atoms. The molecular weight excluding hydrogens is 262 g/mol. The summed E-state index contributed by atoms with van der Waals surface area (Å²) in [4.78, 5) is 0. The van der Waals surface area contributed by atoms with Crippen LogP contribution < -0.4 is 5.32 Å². The van der Waals surface area contributed by atoms with Gasteiger partial charge in [-0.25, -0.2) is 0 Å². The summed E-state index contributed by atoms with van der Waals surface area (Å²) in [5, 5.41) is 3.75. The van der Waals surface area contributed by atoms with Crippen LogP contribution in [0.4, 0.5) is 0 Å². The van der Waals surface area contributed by atoms with Crippen LogP contribution >= 0.6 is 11.8 Å². The summed E-state index contributed by atoms with van der Waals surface area (Å²) >= 11 is 2.04. The topological polar surface area (TPSA) is 12.0 Å². The van der Waals surface area contributed by atoms with E-state index in [9.17, 15) is 0 Å². The molecule has 1 N–H and O–H groups in total. The monoisotopic (exact) mass is 283 g/mol. The third-order valence-corrected chi connectivity index (χ3v) is 5.23. The van der Waals surface area contributed by atoms with E-state index >= 15 is 0 Å². The molecular formula is C18H21NS. The van der Waals surface area contributed by atoms with Gasteiger partial charge in [0.1, 0.15) is 0 Å². The van der Waals surface area contributed by atoms with E-state index in [2.05, 4.69) is 73.8 Å². The van der Waals surface area contributed by atoms with E-state index in [1.54, 1.807) is 0 Å². The quantitative estimate of drug-likeness (QED) is 0.870. The van der Waals surface area contributed by atoms with E-state index in [1.165, 1.54) is 22.4 Å². The third-order valence-electron chi connectivity index (χ3n) is 3.73. The second kappa shape index (κ2) is 5.63. The van der Waals surface area contributed by atoms with Crippen LogP contribution in [0.15, 0.2) is 54.6 Å². The molecule has 2 heteroatoms. The van der Waals surface area contributed by atoms with E-state index in [-0.39, 0.29) is 5.54 Å². The Hall–Kier alpha value is -1.25. The summed E-state index contributed by atoms with van der Waals surface area (Å²) in [5.41, 5.74) is 4.19. The highest BCUT2D eigenvalue weighted by molar-refractivity contribution is 7.99. The number of benzene rings is 2. The number of rotatable bonds is 2. The van der Waals surface area contributed by atoms with Crippen molar-refractivity contribution in [3.8, 4) is 11.1 Å². The summed E-state index contributed by atoms with van der Waals surface area (Å²) in [7, 11) is 0. The molecule has 2 aromatic carbocycles. The van der Waals surface area contributed by atoms with Crippen molar-refractivity contribution in [2.24, 2.45) is 0 Å². The Labute approximate surface area is 125 Å². The lowest BCUT2D eigenvalue weighted by molar-refractivity contribution is 0.376. The van der Waals surface area contributed by atoms with Crippen molar-refractivity contribution in [1.82, 2.24) is 5.32 Å². The zero-order chi connectivity index (χ0) is 14.0. The Morgan fingerprint density at radius 3 is 2.25 bits per heavy atom. The Balaban J connectivity index is 1.80. The summed E-state index contributed by atoms with van der Waals surface area (Å²) in [6.07, 6.45) is 0. The molecule has 104 valence electrons. The lowest BCUT2D eigenvalue weighted by atomic mass is 9.99. The van der Waals surface area contributed by atoms with Gasteiger partial charge in [-0.1, -0.05) is 54.6 Å². The predicted molar refractivity (Wildman–Crippen MR) is 89.2 cm³/mol. The molecule has 0 spiro atoms. The number of thioether (sulfide) groups is 1. The van der Waals surface area contributed by atoms with Gasteiger partial charge >= 0.3 is 0 Å². The van der Waals surface area contributed by atoms with Gasteiger partial charge < -0.3 is 5.32 Å². The molecule has 1 atom stereocenters. The first-order chi connectivity index (χ1) is 9.64. The van der Waals surface area contributed by atoms with E-state index in [1.807, 2.05) is 11.8 Å². The first kappa shape index (κ1) is 13.7. The Kier molecular flexibility index (Phi) is 3.86. The van der Waals surface area contributed by atoms with Gasteiger partial charge in [0.25, 0.3) is 0 Å². The largest absolute Gasteiger partial charge is 0.303 e. The molecule has 1 fully saturated rings. The van der Waals surface area contributed by atoms with Crippen molar-refractivity contribution in [1.29, 1.82) is 0 Å². The SMILES string of the molecule is CC1(C)CSCC(c2ccc(-c3ccccc3)cc2)N1. The highest BCUT2D eigenvalue weighted by atomic mass is 32.2. The minimum absolute atomic E-state index is 0.228. The summed E-state index contributed by atoms with van der Waals surface area (Å²) in [5.74, 6) is 2.35. The number of hydrogen-bond acceptors (Lipinski definition) is 2. The number of hydrogen-bond donors (Lipinski definition) is 1. The molecule has 0 radical (unpaired) electrons. The highest BCUT2D eigenvalue weighted by Crippen LogP contribution is 2.30. The molecule has 1 aliphatic heterocycles. The zero-order valence-electron chi connectivity index (χ0n) is 12.1. The summed E-state index contributed by atoms with van der Waals surface area (Å²) < 4.78 is 0. The van der Waals surface area contributed by atoms with E-state index in [0.717, 1.165) is 5.75 Å². The van der Waals surface area contributed by atoms with Crippen LogP contribution in [0.25, 0.3) is 11.1 Å². The van der Waals surface area contributed by atoms with Gasteiger partial charge in [0.05, 0.1) is 0 Å². The smallest absolute Gasteiger partial charge is 0.0416 e. The molecule has 3 rings (SSSR count). The van der Waals surface area contributed by atoms with Crippen molar-refractivity contribution in [2.45, 2.75) is 25.4 Å². The molecule has 2 aromatic rings. The van der Waals surface area contributed by atoms with Crippen LogP contribution in [0.2, 0.25) is 0 Å². The van der Waals surface area contributed by atoms with E-state index in [4.69, 9.17) is 0 Å². The second-order valence-electron chi connectivity index (χ2n) is 6.08. The second-order valence-corrected chi connectivity index (χ2v) is 7.11. The first-order valence-electron chi connectivity index (χ1n) is 7.15. The highest BCUT2D eigenvalue weighted by Gasteiger charge is 2.27. The third kappa shape index (κ3) is 3.08. The van der Waals surface area contributed by atoms with Crippen molar-refractivity contribution >= 4 is 11.8 Å². The standard InChI is InChI=1S/C18H21NS/c1-18(2)13-20-12-17(19-18)16-10-8-15(9-11-16)14-6-4-3-5-7-14/h3-11,17,19H,12-13H2,1-2H3. The van der Waals surface area contributed by atoms with Crippen LogP contribution in [-0.4, -0.2) is 17.0 Å². The minimum atomic E-state index is 0.228. The molecule has 0 aromatic heterocycles. The zero-order valence-corrected chi connectivity index (χ0v) is 12.9. The van der Waals surface area contributed by atoms with Gasteiger partial charge in [0.2, 0.25) is 0 Å². The molecule has 1 saturated heterocycles. The van der Waals surface area contributed by atoms with E-state index < -0.39 is 0 Å². The van der Waals surface area contributed by atoms with Gasteiger partial charge in [-0.15, -0.1) is 0 Å². The van der Waals surface area contributed by atoms with Gasteiger partial charge in [-0.05, 0) is 30.5 Å². The molecule has 0 saturated carbocycles. The maximum absolute atomic E-state index is 3.75. The van der Waals surface area contributed by atoms with Gasteiger partial charge in [0.15, 0.2) is 0 Å². The lowest BCUT2D eigenvalue weighted by Crippen LogP contribution is -2.48. The fourth-order valence-corrected chi connectivity index (χ4v) is 3.93. The van der Waals surface area contributed by atoms with Crippen LogP contribution in [0.1, 0.15) is 25.5 Å². The summed E-state index contributed by atoms with van der Waals surface area (Å²) in [6, 6.07) is 20.0. The predicted octanol–water partition coefficient (Wildman–Crippen LogP) is 4.51. The maximum atomic E-state index is 3.75. The van der Waals surface area contributed by atoms with Crippen molar-refractivity contribution in [3.63, 3.8) is 0 Å². The van der Waals surface area contributed by atoms with Crippen LogP contribution in [0.3, 0.4) is 0 Å². The molecule has 1 unspecified atom stereocenters. The molecule has 0 aliphatic carbocycles. The number of nitrogens with one attached hydrogen (secondary N) is 1. The molecule has 0 amide bonds. The van der Waals surface area contributed by atoms with Crippen LogP contribution in [-0.2, 0) is 0 Å². The Morgan fingerprint density at radius 2 is 1.60 bits per heavy atom. The fraction of sp³-hybridized carbons (Fsp3) is 0.333. The van der Waals surface area contributed by atoms with Gasteiger partial charge in [-0.2, -0.15) is 11.8 Å². The molecule has 1 nitrogen and oxygen atoms in total. The lowest BCUT2D eigenvalue weighted by Gasteiger charge is -2.37. The fourth-order valence-electron chi connectivity index (χ4n) is 2.70. The van der Waals surface area contributed by atoms with E-state index in [0.29, 0.717) is 6.04 Å². The molecule has 1 heterocycles. The maximum Gasteiger partial charge on any atom is 0.0416 e. The van der Waals surface area contributed by atoms with Gasteiger partial charge in [0, 0.05) is 23.1 Å². The normalized spacial score (nSPS) is 21.6. The molecule has 0 bridgehead atoms. The van der Waals surface area contributed by atoms with Crippen molar-refractivity contribution in [2.75, 3.05) is 11.5 Å². The van der Waals surface area contributed by atoms with Gasteiger partial charge in [-0.3, -0.25) is 0 Å². The van der Waals surface area contributed by atoms with Crippen molar-refractivity contribution in [3.05, 3.63) is 60.2 Å². The van der Waals surface area contributed by atoms with Crippen LogP contribution in [0, 0.1) is 0 Å². The van der Waals surface area contributed by atoms with Crippen LogP contribution in [0.5, 0.6) is 0 Å². The Morgan fingerprint density at radius 1 is 0.950 bits per heavy atom. The van der Waals surface area contributed by atoms with Crippen molar-refractivity contribution < 1.29 is 0 Å². The molecule has 1 aliphatic rings. The summed E-state index contributed by atoms with van der Waals surface area (Å²) in [6.45, 7) is 4.56. The minimum Gasteiger partial charge on any atom is -0.303 e. The first-order valence-corrected chi connectivity index (χ1v) is 8.30. The average molecular weight is 283 g/mol. The Bertz CT molecular complexity index is 560. The average Bonchev–Trinajstić information content (AvgIpc) is 2.47.